The fourth-order valence-electron chi connectivity index (χ4n) is 0.884. The second-order valence-electron chi connectivity index (χ2n) is 2.78. The van der Waals surface area contributed by atoms with E-state index in [0.29, 0.717) is 0 Å². The van der Waals surface area contributed by atoms with Crippen LogP contribution in [0.2, 0.25) is 0 Å². The van der Waals surface area contributed by atoms with Crippen molar-refractivity contribution in [3.8, 4) is 0 Å². The molecular weight excluding hydrogens is 248 g/mol. The van der Waals surface area contributed by atoms with Gasteiger partial charge in [0.15, 0.2) is 5.65 Å². The number of hydrogen-bond acceptors (Lipinski definition) is 6. The van der Waals surface area contributed by atoms with E-state index in [0.717, 1.165) is 11.2 Å². The van der Waals surface area contributed by atoms with Crippen molar-refractivity contribution in [3.05, 3.63) is 18.9 Å². The normalized spacial score (nSPS) is 9.47. The van der Waals surface area contributed by atoms with E-state index < -0.39 is 18.4 Å². The van der Waals surface area contributed by atoms with Crippen molar-refractivity contribution in [3.63, 3.8) is 0 Å². The fourth-order valence-corrected chi connectivity index (χ4v) is 1.09. The van der Waals surface area contributed by atoms with Gasteiger partial charge in [0, 0.05) is 0 Å². The van der Waals surface area contributed by atoms with E-state index in [-0.39, 0.29) is 0 Å². The Hall–Kier alpha value is -2.16. The van der Waals surface area contributed by atoms with Gasteiger partial charge < -0.3 is 10.2 Å². The first kappa shape index (κ1) is 12.9. The molecule has 2 aromatic rings. The van der Waals surface area contributed by atoms with E-state index in [1.54, 1.807) is 16.5 Å². The van der Waals surface area contributed by atoms with Gasteiger partial charge in [-0.1, -0.05) is 12.8 Å². The summed E-state index contributed by atoms with van der Waals surface area (Å²) in [6, 6.07) is 0. The van der Waals surface area contributed by atoms with Crippen molar-refractivity contribution >= 4 is 35.9 Å². The summed E-state index contributed by atoms with van der Waals surface area (Å²) in [6.45, 7) is 0. The van der Waals surface area contributed by atoms with Gasteiger partial charge in [0.05, 0.1) is 6.20 Å². The quantitative estimate of drug-likeness (QED) is 0.513. The van der Waals surface area contributed by atoms with Gasteiger partial charge in [0.1, 0.15) is 24.6 Å². The van der Waals surface area contributed by atoms with Crippen LogP contribution in [0.5, 0.6) is 0 Å². The molecule has 0 unspecified atom stereocenters. The van der Waals surface area contributed by atoms with Crippen LogP contribution in [0.15, 0.2) is 18.9 Å². The number of thiol groups is 1. The Labute approximate surface area is 100 Å². The largest absolute Gasteiger partial charge is 0.481 e. The molecule has 0 amide bonds. The zero-order chi connectivity index (χ0) is 12.8. The number of hydrogen-bond donors (Lipinski definition) is 3. The summed E-state index contributed by atoms with van der Waals surface area (Å²) < 4.78 is 1.55. The molecule has 2 N–H and O–H groups in total. The highest BCUT2D eigenvalue weighted by Crippen LogP contribution is 2.06. The Morgan fingerprint density at radius 3 is 2.41 bits per heavy atom. The lowest BCUT2D eigenvalue weighted by molar-refractivity contribution is -0.147. The Balaban J connectivity index is 0.000000185. The van der Waals surface area contributed by atoms with Crippen LogP contribution >= 0.6 is 12.8 Å². The molecular formula is C8H8N4O4S. The topological polar surface area (TPSA) is 118 Å². The molecule has 2 heterocycles. The summed E-state index contributed by atoms with van der Waals surface area (Å²) >= 11 is 4.07. The lowest BCUT2D eigenvalue weighted by Crippen LogP contribution is -2.03. The fraction of sp³-hybridized carbons (Fsp3) is 0.125. The van der Waals surface area contributed by atoms with Crippen LogP contribution < -0.4 is 0 Å². The molecule has 0 radical (unpaired) electrons. The number of carboxylic acids is 2. The number of carboxylic acid groups (broad SMARTS) is 2. The maximum Gasteiger partial charge on any atom is 0.314 e. The molecule has 9 heteroatoms. The Morgan fingerprint density at radius 2 is 1.94 bits per heavy atom. The van der Waals surface area contributed by atoms with Crippen LogP contribution in [-0.2, 0) is 9.59 Å². The number of fused-ring (bicyclic) bond motifs is 1. The van der Waals surface area contributed by atoms with Gasteiger partial charge in [0.2, 0.25) is 0 Å². The van der Waals surface area contributed by atoms with Gasteiger partial charge in [-0.2, -0.15) is 0 Å². The Morgan fingerprint density at radius 1 is 1.29 bits per heavy atom. The minimum atomic E-state index is -1.31. The highest BCUT2D eigenvalue weighted by molar-refractivity contribution is 7.78. The molecule has 0 fully saturated rings. The lowest BCUT2D eigenvalue weighted by atomic mass is 10.5. The van der Waals surface area contributed by atoms with Gasteiger partial charge in [0.25, 0.3) is 0 Å². The predicted molar refractivity (Wildman–Crippen MR) is 59.6 cm³/mol. The number of aliphatic carboxylic acids is 2. The van der Waals surface area contributed by atoms with Crippen molar-refractivity contribution < 1.29 is 19.8 Å². The molecule has 0 aliphatic carbocycles. The number of rotatable bonds is 2. The molecule has 2 aromatic heterocycles. The van der Waals surface area contributed by atoms with Crippen molar-refractivity contribution in [2.45, 2.75) is 6.42 Å². The summed E-state index contributed by atoms with van der Waals surface area (Å²) in [5.74, 6) is -2.62. The van der Waals surface area contributed by atoms with E-state index in [2.05, 4.69) is 27.8 Å². The summed E-state index contributed by atoms with van der Waals surface area (Å²) in [7, 11) is 0. The second kappa shape index (κ2) is 5.80. The first-order valence-corrected chi connectivity index (χ1v) is 4.66. The first-order valence-electron chi connectivity index (χ1n) is 4.26. The van der Waals surface area contributed by atoms with Gasteiger partial charge in [-0.25, -0.2) is 15.0 Å². The van der Waals surface area contributed by atoms with Crippen LogP contribution in [0.4, 0.5) is 0 Å². The summed E-state index contributed by atoms with van der Waals surface area (Å²) in [6.07, 6.45) is 3.90. The molecule has 17 heavy (non-hydrogen) atoms. The third kappa shape index (κ3) is 4.07. The van der Waals surface area contributed by atoms with Gasteiger partial charge in [-0.3, -0.25) is 13.6 Å². The number of carbonyl (C=O) groups is 2. The summed E-state index contributed by atoms with van der Waals surface area (Å²) in [5, 5.41) is 15.4. The smallest absolute Gasteiger partial charge is 0.314 e. The first-order chi connectivity index (χ1) is 8.00. The Bertz CT molecular complexity index is 529. The zero-order valence-corrected chi connectivity index (χ0v) is 9.28. The molecule has 0 bridgehead atoms. The molecule has 0 saturated carbocycles. The van der Waals surface area contributed by atoms with Crippen molar-refractivity contribution in [2.75, 3.05) is 0 Å². The molecule has 90 valence electrons. The van der Waals surface area contributed by atoms with E-state index in [1.807, 2.05) is 0 Å². The van der Waals surface area contributed by atoms with Crippen molar-refractivity contribution in [2.24, 2.45) is 0 Å². The zero-order valence-electron chi connectivity index (χ0n) is 8.39. The average Bonchev–Trinajstić information content (AvgIpc) is 2.60. The van der Waals surface area contributed by atoms with Crippen LogP contribution in [0.3, 0.4) is 0 Å². The van der Waals surface area contributed by atoms with Crippen LogP contribution in [0.25, 0.3) is 11.2 Å². The molecule has 0 aliphatic heterocycles. The van der Waals surface area contributed by atoms with Crippen molar-refractivity contribution in [1.29, 1.82) is 0 Å². The average molecular weight is 256 g/mol. The maximum atomic E-state index is 9.43. The van der Waals surface area contributed by atoms with E-state index in [9.17, 15) is 9.59 Å². The Kier molecular flexibility index (Phi) is 4.40. The molecule has 0 atom stereocenters. The third-order valence-corrected chi connectivity index (χ3v) is 1.79. The number of imidazole rings is 1. The van der Waals surface area contributed by atoms with Crippen molar-refractivity contribution in [1.82, 2.24) is 18.9 Å². The van der Waals surface area contributed by atoms with Crippen LogP contribution in [-0.4, -0.2) is 41.1 Å². The standard InChI is InChI=1S/C5H4N4S.C3H4O4/c10-9-3-8-4-1-6-2-7-5(4)9;4-2(5)1-3(6)7/h1-3,10H;1H2,(H,4,5)(H,6,7). The number of aromatic nitrogens is 4. The highest BCUT2D eigenvalue weighted by atomic mass is 32.1. The molecule has 0 aliphatic rings. The maximum absolute atomic E-state index is 9.43. The van der Waals surface area contributed by atoms with E-state index >= 15 is 0 Å². The molecule has 2 rings (SSSR count). The summed E-state index contributed by atoms with van der Waals surface area (Å²) in [5.41, 5.74) is 1.50. The minimum Gasteiger partial charge on any atom is -0.481 e. The minimum absolute atomic E-state index is 0.735. The highest BCUT2D eigenvalue weighted by Gasteiger charge is 2.01. The SMILES string of the molecule is O=C(O)CC(=O)O.Sn1cnc2cncnc21. The van der Waals surface area contributed by atoms with Gasteiger partial charge in [-0.15, -0.1) is 0 Å². The van der Waals surface area contributed by atoms with E-state index in [4.69, 9.17) is 10.2 Å². The number of nitrogens with zero attached hydrogens (tertiary/aromatic N) is 4. The lowest BCUT2D eigenvalue weighted by Gasteiger charge is -1.87. The van der Waals surface area contributed by atoms with Crippen LogP contribution in [0.1, 0.15) is 6.42 Å². The monoisotopic (exact) mass is 256 g/mol. The molecule has 0 spiro atoms. The van der Waals surface area contributed by atoms with E-state index in [1.165, 1.54) is 6.33 Å². The third-order valence-electron chi connectivity index (χ3n) is 1.50. The van der Waals surface area contributed by atoms with Crippen LogP contribution in [0, 0.1) is 0 Å². The van der Waals surface area contributed by atoms with Gasteiger partial charge in [-0.05, 0) is 0 Å². The predicted octanol–water partition coefficient (Wildman–Crippen LogP) is 0.0649. The second-order valence-corrected chi connectivity index (χ2v) is 3.22. The summed E-state index contributed by atoms with van der Waals surface area (Å²) in [4.78, 5) is 30.6. The van der Waals surface area contributed by atoms with Gasteiger partial charge >= 0.3 is 11.9 Å². The molecule has 0 saturated heterocycles. The molecule has 0 aromatic carbocycles. The molecule has 8 nitrogen and oxygen atoms in total.